The van der Waals surface area contributed by atoms with Crippen LogP contribution < -0.4 is 4.74 Å². The number of piperidine rings is 1. The predicted octanol–water partition coefficient (Wildman–Crippen LogP) is 5.86. The van der Waals surface area contributed by atoms with Crippen molar-refractivity contribution in [3.8, 4) is 5.75 Å². The zero-order valence-electron chi connectivity index (χ0n) is 16.7. The number of hydrogen-bond acceptors (Lipinski definition) is 2. The molecule has 0 aliphatic carbocycles. The van der Waals surface area contributed by atoms with Crippen molar-refractivity contribution < 1.29 is 4.74 Å². The minimum atomic E-state index is -0.352. The lowest BCUT2D eigenvalue weighted by molar-refractivity contribution is 0.124. The molecule has 0 atom stereocenters. The maximum atomic E-state index is 6.15. The molecular formula is C26H29NO. The van der Waals surface area contributed by atoms with Crippen molar-refractivity contribution in [3.63, 3.8) is 0 Å². The molecule has 0 N–H and O–H groups in total. The number of rotatable bonds is 6. The average molecular weight is 372 g/mol. The Labute approximate surface area is 168 Å². The molecule has 1 aliphatic heterocycles. The fourth-order valence-corrected chi connectivity index (χ4v) is 4.65. The van der Waals surface area contributed by atoms with E-state index >= 15 is 0 Å². The van der Waals surface area contributed by atoms with Crippen LogP contribution in [0.2, 0.25) is 0 Å². The molecule has 2 heteroatoms. The van der Waals surface area contributed by atoms with E-state index < -0.39 is 0 Å². The van der Waals surface area contributed by atoms with Crippen LogP contribution >= 0.6 is 0 Å². The van der Waals surface area contributed by atoms with Crippen LogP contribution in [0.15, 0.2) is 84.9 Å². The molecular weight excluding hydrogens is 342 g/mol. The Morgan fingerprint density at radius 2 is 1.25 bits per heavy atom. The lowest BCUT2D eigenvalue weighted by atomic mass is 9.74. The van der Waals surface area contributed by atoms with E-state index in [-0.39, 0.29) is 5.54 Å². The highest BCUT2D eigenvalue weighted by molar-refractivity contribution is 5.54. The monoisotopic (exact) mass is 371 g/mol. The molecule has 0 saturated carbocycles. The molecule has 3 aromatic carbocycles. The van der Waals surface area contributed by atoms with E-state index in [1.165, 1.54) is 36.0 Å². The number of benzene rings is 3. The van der Waals surface area contributed by atoms with Crippen molar-refractivity contribution in [2.45, 2.75) is 31.7 Å². The van der Waals surface area contributed by atoms with Gasteiger partial charge in [0.1, 0.15) is 11.3 Å². The smallest absolute Gasteiger partial charge is 0.125 e. The molecule has 2 nitrogen and oxygen atoms in total. The van der Waals surface area contributed by atoms with Gasteiger partial charge in [-0.05, 0) is 50.0 Å². The number of ether oxygens (including phenoxy) is 1. The molecule has 1 fully saturated rings. The van der Waals surface area contributed by atoms with Crippen LogP contribution in [0.5, 0.6) is 5.75 Å². The number of hydrogen-bond donors (Lipinski definition) is 0. The number of para-hydroxylation sites is 1. The van der Waals surface area contributed by atoms with Crippen molar-refractivity contribution >= 4 is 0 Å². The van der Waals surface area contributed by atoms with Gasteiger partial charge in [-0.1, -0.05) is 85.3 Å². The summed E-state index contributed by atoms with van der Waals surface area (Å²) in [5.41, 5.74) is 3.48. The van der Waals surface area contributed by atoms with Gasteiger partial charge in [-0.25, -0.2) is 0 Å². The molecule has 28 heavy (non-hydrogen) atoms. The summed E-state index contributed by atoms with van der Waals surface area (Å²) in [6.45, 7) is 4.90. The Hall–Kier alpha value is -2.58. The van der Waals surface area contributed by atoms with Gasteiger partial charge in [-0.2, -0.15) is 0 Å². The lowest BCUT2D eigenvalue weighted by Crippen LogP contribution is -2.50. The topological polar surface area (TPSA) is 12.5 Å². The van der Waals surface area contributed by atoms with Gasteiger partial charge in [-0.3, -0.25) is 4.90 Å². The number of nitrogens with zero attached hydrogens (tertiary/aromatic N) is 1. The van der Waals surface area contributed by atoms with Gasteiger partial charge in [0.05, 0.1) is 6.61 Å². The summed E-state index contributed by atoms with van der Waals surface area (Å²) in [5.74, 6) is 0.975. The molecule has 1 aliphatic rings. The van der Waals surface area contributed by atoms with Crippen molar-refractivity contribution in [2.75, 3.05) is 19.7 Å². The quantitative estimate of drug-likeness (QED) is 0.503. The molecule has 1 heterocycles. The van der Waals surface area contributed by atoms with Crippen molar-refractivity contribution in [1.29, 1.82) is 0 Å². The molecule has 3 aromatic rings. The first-order valence-electron chi connectivity index (χ1n) is 10.5. The molecule has 0 radical (unpaired) electrons. The van der Waals surface area contributed by atoms with E-state index in [4.69, 9.17) is 4.74 Å². The zero-order chi connectivity index (χ0) is 19.2. The maximum Gasteiger partial charge on any atom is 0.125 e. The fraction of sp³-hybridized carbons (Fsp3) is 0.308. The highest BCUT2D eigenvalue weighted by Crippen LogP contribution is 2.46. The highest BCUT2D eigenvalue weighted by Gasteiger charge is 2.44. The third kappa shape index (κ3) is 3.33. The van der Waals surface area contributed by atoms with Crippen LogP contribution in [0.3, 0.4) is 0 Å². The lowest BCUT2D eigenvalue weighted by Gasteiger charge is -2.47. The molecule has 0 amide bonds. The van der Waals surface area contributed by atoms with E-state index in [1.54, 1.807) is 0 Å². The minimum absolute atomic E-state index is 0.352. The number of likely N-dealkylation sites (tertiary alicyclic amines) is 1. The summed E-state index contributed by atoms with van der Waals surface area (Å²) in [4.78, 5) is 2.67. The third-order valence-electron chi connectivity index (χ3n) is 5.79. The van der Waals surface area contributed by atoms with E-state index in [1.807, 2.05) is 0 Å². The van der Waals surface area contributed by atoms with Gasteiger partial charge in [0.15, 0.2) is 0 Å². The Bertz CT molecular complexity index is 830. The summed E-state index contributed by atoms with van der Waals surface area (Å²) in [6.07, 6.45) is 3.78. The van der Waals surface area contributed by atoms with E-state index in [2.05, 4.69) is 96.8 Å². The van der Waals surface area contributed by atoms with Gasteiger partial charge < -0.3 is 4.74 Å². The van der Waals surface area contributed by atoms with Crippen molar-refractivity contribution in [2.24, 2.45) is 0 Å². The second kappa shape index (κ2) is 8.62. The largest absolute Gasteiger partial charge is 0.493 e. The predicted molar refractivity (Wildman–Crippen MR) is 116 cm³/mol. The van der Waals surface area contributed by atoms with Crippen LogP contribution in [0.4, 0.5) is 0 Å². The van der Waals surface area contributed by atoms with E-state index in [0.717, 1.165) is 18.8 Å². The Kier molecular flexibility index (Phi) is 5.78. The SMILES string of the molecule is CCOc1ccccc1C(c1ccccc1)(c1ccccc1)N1CCCCC1. The summed E-state index contributed by atoms with van der Waals surface area (Å²) in [5, 5.41) is 0. The Balaban J connectivity index is 2.04. The summed E-state index contributed by atoms with van der Waals surface area (Å²) in [6, 6.07) is 30.5. The Morgan fingerprint density at radius 1 is 0.714 bits per heavy atom. The van der Waals surface area contributed by atoms with Crippen LogP contribution in [0, 0.1) is 0 Å². The maximum absolute atomic E-state index is 6.15. The fourth-order valence-electron chi connectivity index (χ4n) is 4.65. The molecule has 0 unspecified atom stereocenters. The second-order valence-corrected chi connectivity index (χ2v) is 7.42. The van der Waals surface area contributed by atoms with E-state index in [0.29, 0.717) is 6.61 Å². The Morgan fingerprint density at radius 3 is 1.82 bits per heavy atom. The van der Waals surface area contributed by atoms with E-state index in [9.17, 15) is 0 Å². The van der Waals surface area contributed by atoms with Crippen LogP contribution in [-0.4, -0.2) is 24.6 Å². The molecule has 4 rings (SSSR count). The molecule has 0 spiro atoms. The standard InChI is InChI=1S/C26H29NO/c1-2-28-25-19-11-10-18-24(25)26(22-14-6-3-7-15-22,23-16-8-4-9-17-23)27-20-12-5-13-21-27/h3-4,6-11,14-19H,2,5,12-13,20-21H2,1H3. The second-order valence-electron chi connectivity index (χ2n) is 7.42. The molecule has 1 saturated heterocycles. The molecule has 0 aromatic heterocycles. The van der Waals surface area contributed by atoms with Crippen LogP contribution in [-0.2, 0) is 5.54 Å². The normalized spacial score (nSPS) is 15.3. The van der Waals surface area contributed by atoms with Gasteiger partial charge >= 0.3 is 0 Å². The highest BCUT2D eigenvalue weighted by atomic mass is 16.5. The van der Waals surface area contributed by atoms with Gasteiger partial charge in [-0.15, -0.1) is 0 Å². The van der Waals surface area contributed by atoms with Crippen molar-refractivity contribution in [1.82, 2.24) is 4.90 Å². The molecule has 144 valence electrons. The summed E-state index contributed by atoms with van der Waals surface area (Å²) >= 11 is 0. The third-order valence-corrected chi connectivity index (χ3v) is 5.79. The minimum Gasteiger partial charge on any atom is -0.493 e. The summed E-state index contributed by atoms with van der Waals surface area (Å²) in [7, 11) is 0. The van der Waals surface area contributed by atoms with Gasteiger partial charge in [0, 0.05) is 5.56 Å². The van der Waals surface area contributed by atoms with Crippen LogP contribution in [0.1, 0.15) is 42.9 Å². The first kappa shape index (κ1) is 18.8. The van der Waals surface area contributed by atoms with Gasteiger partial charge in [0.25, 0.3) is 0 Å². The van der Waals surface area contributed by atoms with Crippen LogP contribution in [0.25, 0.3) is 0 Å². The van der Waals surface area contributed by atoms with Gasteiger partial charge in [0.2, 0.25) is 0 Å². The van der Waals surface area contributed by atoms with Crippen molar-refractivity contribution in [3.05, 3.63) is 102 Å². The zero-order valence-corrected chi connectivity index (χ0v) is 16.7. The first-order valence-corrected chi connectivity index (χ1v) is 10.5. The average Bonchev–Trinajstić information content (AvgIpc) is 2.78. The molecule has 0 bridgehead atoms. The first-order chi connectivity index (χ1) is 13.9. The summed E-state index contributed by atoms with van der Waals surface area (Å²) < 4.78 is 6.15.